The molecular formula is C22H32O7. The lowest BCUT2D eigenvalue weighted by atomic mass is 9.85. The quantitative estimate of drug-likeness (QED) is 0.764. The molecule has 1 aromatic rings. The lowest BCUT2D eigenvalue weighted by molar-refractivity contribution is -0.215. The summed E-state index contributed by atoms with van der Waals surface area (Å²) in [5.74, 6) is -3.06. The van der Waals surface area contributed by atoms with E-state index in [1.807, 2.05) is 0 Å². The van der Waals surface area contributed by atoms with Gasteiger partial charge in [-0.2, -0.15) is 0 Å². The van der Waals surface area contributed by atoms with Crippen LogP contribution in [0.5, 0.6) is 0 Å². The van der Waals surface area contributed by atoms with Gasteiger partial charge in [-0.15, -0.1) is 0 Å². The predicted molar refractivity (Wildman–Crippen MR) is 106 cm³/mol. The number of carbonyl (C=O) groups is 2. The molecule has 1 heterocycles. The average molecular weight is 408 g/mol. The summed E-state index contributed by atoms with van der Waals surface area (Å²) in [4.78, 5) is 26.4. The first kappa shape index (κ1) is 23.3. The van der Waals surface area contributed by atoms with Crippen molar-refractivity contribution in [2.45, 2.75) is 90.2 Å². The van der Waals surface area contributed by atoms with Gasteiger partial charge in [0.1, 0.15) is 17.3 Å². The van der Waals surface area contributed by atoms with Gasteiger partial charge in [0, 0.05) is 0 Å². The van der Waals surface area contributed by atoms with Gasteiger partial charge in [-0.1, -0.05) is 30.3 Å². The van der Waals surface area contributed by atoms with Crippen molar-refractivity contribution in [1.29, 1.82) is 0 Å². The standard InChI is InChI=1S/C22H32O7/c1-19(2,3)27-17(24)16-22(29-21(7,8)26-16,18(25)28-20(4,5)6)15(23)14-12-10-9-11-13-14/h9-13,15-16,23H,1-8H3/t15-,16-,22-/m1/s1. The van der Waals surface area contributed by atoms with Gasteiger partial charge in [0.15, 0.2) is 5.79 Å². The first-order chi connectivity index (χ1) is 13.1. The smallest absolute Gasteiger partial charge is 0.345 e. The fraction of sp³-hybridized carbons (Fsp3) is 0.636. The molecule has 0 radical (unpaired) electrons. The van der Waals surface area contributed by atoms with Crippen LogP contribution in [0.25, 0.3) is 0 Å². The highest BCUT2D eigenvalue weighted by Gasteiger charge is 2.67. The second-order valence-electron chi connectivity index (χ2n) is 9.64. The molecule has 0 amide bonds. The number of carbonyl (C=O) groups excluding carboxylic acids is 2. The Morgan fingerprint density at radius 3 is 2.00 bits per heavy atom. The molecule has 1 N–H and O–H groups in total. The van der Waals surface area contributed by atoms with Gasteiger partial charge in [-0.25, -0.2) is 9.59 Å². The molecule has 0 unspecified atom stereocenters. The van der Waals surface area contributed by atoms with Crippen molar-refractivity contribution in [2.24, 2.45) is 0 Å². The minimum absolute atomic E-state index is 0.383. The van der Waals surface area contributed by atoms with Crippen molar-refractivity contribution in [3.63, 3.8) is 0 Å². The zero-order chi connectivity index (χ0) is 22.3. The van der Waals surface area contributed by atoms with E-state index in [1.165, 1.54) is 0 Å². The van der Waals surface area contributed by atoms with E-state index >= 15 is 0 Å². The fourth-order valence-electron chi connectivity index (χ4n) is 3.13. The lowest BCUT2D eigenvalue weighted by Gasteiger charge is -2.37. The van der Waals surface area contributed by atoms with E-state index in [1.54, 1.807) is 85.7 Å². The third-order valence-electron chi connectivity index (χ3n) is 4.07. The van der Waals surface area contributed by atoms with E-state index in [-0.39, 0.29) is 0 Å². The Kier molecular flexibility index (Phi) is 6.19. The van der Waals surface area contributed by atoms with Crippen LogP contribution in [0.1, 0.15) is 67.1 Å². The summed E-state index contributed by atoms with van der Waals surface area (Å²) in [6.07, 6.45) is -3.06. The molecule has 1 saturated heterocycles. The predicted octanol–water partition coefficient (Wildman–Crippen LogP) is 3.29. The van der Waals surface area contributed by atoms with Crippen LogP contribution in [-0.2, 0) is 28.5 Å². The third kappa shape index (κ3) is 5.35. The SMILES string of the molecule is CC(C)(C)OC(=O)[C@H]1OC(C)(C)O[C@]1(C(=O)OC(C)(C)C)[C@H](O)c1ccccc1. The molecule has 7 heteroatoms. The second-order valence-corrected chi connectivity index (χ2v) is 9.64. The molecule has 0 spiro atoms. The molecule has 7 nitrogen and oxygen atoms in total. The molecule has 0 saturated carbocycles. The van der Waals surface area contributed by atoms with Crippen LogP contribution in [0.15, 0.2) is 30.3 Å². The minimum atomic E-state index is -2.14. The van der Waals surface area contributed by atoms with Crippen molar-refractivity contribution < 1.29 is 33.6 Å². The summed E-state index contributed by atoms with van der Waals surface area (Å²) in [6, 6.07) is 8.47. The van der Waals surface area contributed by atoms with E-state index in [4.69, 9.17) is 18.9 Å². The summed E-state index contributed by atoms with van der Waals surface area (Å²) < 4.78 is 22.8. The van der Waals surface area contributed by atoms with Crippen LogP contribution in [0.3, 0.4) is 0 Å². The summed E-state index contributed by atoms with van der Waals surface area (Å²) in [7, 11) is 0. The molecule has 162 valence electrons. The van der Waals surface area contributed by atoms with E-state index in [0.29, 0.717) is 5.56 Å². The van der Waals surface area contributed by atoms with Crippen molar-refractivity contribution in [2.75, 3.05) is 0 Å². The molecule has 1 fully saturated rings. The number of aliphatic hydroxyl groups excluding tert-OH is 1. The van der Waals surface area contributed by atoms with Gasteiger partial charge >= 0.3 is 11.9 Å². The normalized spacial score (nSPS) is 25.3. The molecule has 0 aliphatic carbocycles. The molecular weight excluding hydrogens is 376 g/mol. The average Bonchev–Trinajstić information content (AvgIpc) is 2.85. The Morgan fingerprint density at radius 2 is 1.52 bits per heavy atom. The number of ether oxygens (including phenoxy) is 4. The maximum absolute atomic E-state index is 13.4. The Morgan fingerprint density at radius 1 is 1.00 bits per heavy atom. The second kappa shape index (κ2) is 7.70. The minimum Gasteiger partial charge on any atom is -0.458 e. The van der Waals surface area contributed by atoms with Gasteiger partial charge in [-0.3, -0.25) is 0 Å². The number of benzene rings is 1. The third-order valence-corrected chi connectivity index (χ3v) is 4.07. The highest BCUT2D eigenvalue weighted by molar-refractivity contribution is 5.91. The van der Waals surface area contributed by atoms with Gasteiger partial charge in [0.05, 0.1) is 0 Å². The molecule has 29 heavy (non-hydrogen) atoms. The summed E-state index contributed by atoms with van der Waals surface area (Å²) in [5.41, 5.74) is -3.46. The summed E-state index contributed by atoms with van der Waals surface area (Å²) in [6.45, 7) is 13.3. The van der Waals surface area contributed by atoms with Crippen molar-refractivity contribution in [3.8, 4) is 0 Å². The van der Waals surface area contributed by atoms with Crippen LogP contribution in [0.2, 0.25) is 0 Å². The summed E-state index contributed by atoms with van der Waals surface area (Å²) in [5, 5.41) is 11.3. The molecule has 1 aliphatic heterocycles. The highest BCUT2D eigenvalue weighted by atomic mass is 16.8. The number of rotatable bonds is 4. The monoisotopic (exact) mass is 408 g/mol. The Bertz CT molecular complexity index is 743. The van der Waals surface area contributed by atoms with E-state index in [2.05, 4.69) is 0 Å². The maximum atomic E-state index is 13.4. The van der Waals surface area contributed by atoms with Crippen LogP contribution in [0, 0.1) is 0 Å². The number of hydrogen-bond donors (Lipinski definition) is 1. The highest BCUT2D eigenvalue weighted by Crippen LogP contribution is 2.46. The van der Waals surface area contributed by atoms with Crippen LogP contribution < -0.4 is 0 Å². The topological polar surface area (TPSA) is 91.3 Å². The zero-order valence-electron chi connectivity index (χ0n) is 18.4. The first-order valence-corrected chi connectivity index (χ1v) is 9.65. The van der Waals surface area contributed by atoms with E-state index in [0.717, 1.165) is 0 Å². The van der Waals surface area contributed by atoms with E-state index < -0.39 is 46.7 Å². The maximum Gasteiger partial charge on any atom is 0.345 e. The largest absolute Gasteiger partial charge is 0.458 e. The molecule has 2 rings (SSSR count). The van der Waals surface area contributed by atoms with Gasteiger partial charge in [0.25, 0.3) is 0 Å². The van der Waals surface area contributed by atoms with Crippen LogP contribution in [-0.4, -0.2) is 45.7 Å². The lowest BCUT2D eigenvalue weighted by Crippen LogP contribution is -2.58. The van der Waals surface area contributed by atoms with Gasteiger partial charge < -0.3 is 24.1 Å². The van der Waals surface area contributed by atoms with Crippen molar-refractivity contribution in [1.82, 2.24) is 0 Å². The molecule has 1 aromatic carbocycles. The van der Waals surface area contributed by atoms with Crippen LogP contribution >= 0.6 is 0 Å². The Labute approximate surface area is 172 Å². The Balaban J connectivity index is 2.61. The van der Waals surface area contributed by atoms with Crippen LogP contribution in [0.4, 0.5) is 0 Å². The van der Waals surface area contributed by atoms with Crippen molar-refractivity contribution in [3.05, 3.63) is 35.9 Å². The molecule has 0 aromatic heterocycles. The van der Waals surface area contributed by atoms with Crippen molar-refractivity contribution >= 4 is 11.9 Å². The first-order valence-electron chi connectivity index (χ1n) is 9.65. The van der Waals surface area contributed by atoms with Gasteiger partial charge in [0.2, 0.25) is 11.7 Å². The van der Waals surface area contributed by atoms with Gasteiger partial charge in [-0.05, 0) is 61.0 Å². The zero-order valence-corrected chi connectivity index (χ0v) is 18.4. The molecule has 0 bridgehead atoms. The summed E-state index contributed by atoms with van der Waals surface area (Å²) >= 11 is 0. The van der Waals surface area contributed by atoms with E-state index in [9.17, 15) is 14.7 Å². The molecule has 1 aliphatic rings. The number of aliphatic hydroxyl groups is 1. The molecule has 3 atom stereocenters. The number of esters is 2. The Hall–Kier alpha value is -1.96. The fourth-order valence-corrected chi connectivity index (χ4v) is 3.13. The number of hydrogen-bond acceptors (Lipinski definition) is 7.